The molecule has 1 N–H and O–H groups in total. The molecule has 9 heteroatoms. The Morgan fingerprint density at radius 2 is 1.14 bits per heavy atom. The summed E-state index contributed by atoms with van der Waals surface area (Å²) in [6.07, 6.45) is 2.34. The summed E-state index contributed by atoms with van der Waals surface area (Å²) < 4.78 is 0.0434. The maximum absolute atomic E-state index is 11.8. The Kier molecular flexibility index (Phi) is 15.1. The van der Waals surface area contributed by atoms with E-state index in [1.165, 1.54) is 12.8 Å². The summed E-state index contributed by atoms with van der Waals surface area (Å²) in [6, 6.07) is 0. The van der Waals surface area contributed by atoms with Crippen molar-refractivity contribution in [2.45, 2.75) is 54.4 Å². The van der Waals surface area contributed by atoms with Crippen molar-refractivity contribution in [3.05, 3.63) is 0 Å². The molecule has 0 atom stereocenters. The second-order valence-corrected chi connectivity index (χ2v) is 11.0. The summed E-state index contributed by atoms with van der Waals surface area (Å²) in [5.74, 6) is -0.480. The first-order chi connectivity index (χ1) is 12.6. The summed E-state index contributed by atoms with van der Waals surface area (Å²) in [7, 11) is 0. The molecule has 0 aromatic heterocycles. The zero-order valence-electron chi connectivity index (χ0n) is 17.6. The van der Waals surface area contributed by atoms with Gasteiger partial charge in [-0.15, -0.1) is 0 Å². The molecule has 0 bridgehead atoms. The first kappa shape index (κ1) is 30.7. The van der Waals surface area contributed by atoms with Crippen LogP contribution in [0.3, 0.4) is 0 Å². The van der Waals surface area contributed by atoms with Crippen LogP contribution in [0, 0.1) is 16.2 Å². The number of likely N-dealkylation sites (tertiary alicyclic amines) is 1. The normalized spacial score (nSPS) is 14.4. The predicted molar refractivity (Wildman–Crippen MR) is 130 cm³/mol. The summed E-state index contributed by atoms with van der Waals surface area (Å²) in [5.41, 5.74) is -1.12. The molecule has 1 heterocycles. The first-order valence-electron chi connectivity index (χ1n) is 8.99. The second kappa shape index (κ2) is 13.8. The molecule has 1 amide bonds. The number of nitrogens with zero attached hydrogens (tertiary/aromatic N) is 1. The monoisotopic (exact) mass is 655 g/mol. The van der Waals surface area contributed by atoms with Crippen molar-refractivity contribution in [1.29, 1.82) is 0 Å². The van der Waals surface area contributed by atoms with Gasteiger partial charge < -0.3 is 10.0 Å². The highest BCUT2D eigenvalue weighted by molar-refractivity contribution is 9.18. The van der Waals surface area contributed by atoms with E-state index in [0.29, 0.717) is 10.7 Å². The molecule has 0 aliphatic carbocycles. The van der Waals surface area contributed by atoms with E-state index in [-0.39, 0.29) is 21.4 Å². The lowest BCUT2D eigenvalue weighted by Gasteiger charge is -2.27. The number of carboxylic acid groups (broad SMARTS) is 1. The van der Waals surface area contributed by atoms with Gasteiger partial charge >= 0.3 is 5.97 Å². The number of hydrogen-bond acceptors (Lipinski definition) is 3. The molecule has 1 aliphatic rings. The van der Waals surface area contributed by atoms with E-state index in [1.807, 2.05) is 32.6 Å². The first-order valence-corrected chi connectivity index (χ1v) is 13.2. The zero-order chi connectivity index (χ0) is 22.8. The van der Waals surface area contributed by atoms with Gasteiger partial charge in [0.25, 0.3) is 0 Å². The maximum atomic E-state index is 11.8. The van der Waals surface area contributed by atoms with Crippen molar-refractivity contribution in [2.75, 3.05) is 29.1 Å². The van der Waals surface area contributed by atoms with Crippen molar-refractivity contribution in [3.8, 4) is 0 Å². The average Bonchev–Trinajstić information content (AvgIpc) is 3.16. The summed E-state index contributed by atoms with van der Waals surface area (Å²) in [4.78, 5) is 34.6. The average molecular weight is 659 g/mol. The van der Waals surface area contributed by atoms with Gasteiger partial charge in [0.1, 0.15) is 0 Å². The maximum Gasteiger partial charge on any atom is 0.309 e. The lowest BCUT2D eigenvalue weighted by atomic mass is 9.95. The third-order valence-electron chi connectivity index (χ3n) is 4.09. The highest BCUT2D eigenvalue weighted by Gasteiger charge is 2.32. The van der Waals surface area contributed by atoms with Gasteiger partial charge in [0, 0.05) is 34.5 Å². The highest BCUT2D eigenvalue weighted by atomic mass is 79.9. The van der Waals surface area contributed by atoms with Crippen molar-refractivity contribution >= 4 is 80.3 Å². The SMILES string of the molecule is CC(C)(CBr)C(=O)Br.CC(C)(CBr)C(=O)N1CCCC1.CC(C)(CBr)C(=O)O. The largest absolute Gasteiger partial charge is 0.481 e. The van der Waals surface area contributed by atoms with Gasteiger partial charge in [0.2, 0.25) is 10.6 Å². The van der Waals surface area contributed by atoms with Crippen LogP contribution in [0.15, 0.2) is 0 Å². The molecule has 28 heavy (non-hydrogen) atoms. The van der Waals surface area contributed by atoms with Crippen LogP contribution in [0.4, 0.5) is 0 Å². The number of halogens is 4. The number of rotatable bonds is 6. The van der Waals surface area contributed by atoms with Crippen LogP contribution in [0.5, 0.6) is 0 Å². The van der Waals surface area contributed by atoms with E-state index in [1.54, 1.807) is 13.8 Å². The molecular formula is C19H33Br4NO4. The third-order valence-corrected chi connectivity index (χ3v) is 9.36. The van der Waals surface area contributed by atoms with E-state index in [4.69, 9.17) is 5.11 Å². The molecule has 1 fully saturated rings. The Hall–Kier alpha value is 0.530. The Labute approximate surface area is 203 Å². The van der Waals surface area contributed by atoms with Gasteiger partial charge in [0.05, 0.1) is 10.8 Å². The minimum atomic E-state index is -0.769. The standard InChI is InChI=1S/C9H16BrNO.C5H8Br2O.C5H9BrO2/c1-9(2,7-10)8(12)11-5-3-4-6-11;2*1-5(2,3-6)4(7)8/h3-7H2,1-2H3;3H2,1-2H3;3H2,1-2H3,(H,7,8). The highest BCUT2D eigenvalue weighted by Crippen LogP contribution is 2.24. The fourth-order valence-electron chi connectivity index (χ4n) is 1.52. The molecule has 5 nitrogen and oxygen atoms in total. The van der Waals surface area contributed by atoms with E-state index < -0.39 is 11.4 Å². The van der Waals surface area contributed by atoms with Gasteiger partial charge in [0.15, 0.2) is 0 Å². The fourth-order valence-corrected chi connectivity index (χ4v) is 2.77. The smallest absolute Gasteiger partial charge is 0.309 e. The Morgan fingerprint density at radius 3 is 1.32 bits per heavy atom. The minimum Gasteiger partial charge on any atom is -0.481 e. The number of alkyl halides is 3. The van der Waals surface area contributed by atoms with E-state index >= 15 is 0 Å². The molecule has 1 rings (SSSR count). The Balaban J connectivity index is 0. The van der Waals surface area contributed by atoms with Gasteiger partial charge in [-0.2, -0.15) is 0 Å². The van der Waals surface area contributed by atoms with Crippen molar-refractivity contribution < 1.29 is 19.5 Å². The molecule has 0 unspecified atom stereocenters. The molecular weight excluding hydrogens is 626 g/mol. The quantitative estimate of drug-likeness (QED) is 0.287. The van der Waals surface area contributed by atoms with Crippen LogP contribution in [0.2, 0.25) is 0 Å². The summed E-state index contributed by atoms with van der Waals surface area (Å²) in [5, 5.41) is 10.4. The number of hydrogen-bond donors (Lipinski definition) is 1. The number of carbonyl (C=O) groups is 3. The zero-order valence-corrected chi connectivity index (χ0v) is 23.9. The molecule has 0 saturated carbocycles. The number of carbonyl (C=O) groups excluding carboxylic acids is 2. The number of amides is 1. The minimum absolute atomic E-state index is 0.0434. The molecule has 166 valence electrons. The van der Waals surface area contributed by atoms with Gasteiger partial charge in [-0.3, -0.25) is 14.4 Å². The summed E-state index contributed by atoms with van der Waals surface area (Å²) >= 11 is 12.6. The molecule has 0 spiro atoms. The van der Waals surface area contributed by atoms with Crippen LogP contribution in [0.1, 0.15) is 54.4 Å². The molecule has 1 saturated heterocycles. The van der Waals surface area contributed by atoms with E-state index in [9.17, 15) is 14.4 Å². The van der Waals surface area contributed by atoms with Crippen molar-refractivity contribution in [1.82, 2.24) is 4.90 Å². The van der Waals surface area contributed by atoms with Crippen LogP contribution >= 0.6 is 63.7 Å². The molecule has 1 aliphatic heterocycles. The fraction of sp³-hybridized carbons (Fsp3) is 0.842. The third kappa shape index (κ3) is 11.6. The van der Waals surface area contributed by atoms with Crippen LogP contribution in [-0.2, 0) is 14.4 Å². The number of carboxylic acids is 1. The van der Waals surface area contributed by atoms with Gasteiger partial charge in [-0.25, -0.2) is 0 Å². The predicted octanol–water partition coefficient (Wildman–Crippen LogP) is 5.85. The van der Waals surface area contributed by atoms with Crippen LogP contribution < -0.4 is 0 Å². The van der Waals surface area contributed by atoms with Crippen LogP contribution in [0.25, 0.3) is 0 Å². The van der Waals surface area contributed by atoms with E-state index in [0.717, 1.165) is 18.4 Å². The molecule has 0 aromatic carbocycles. The van der Waals surface area contributed by atoms with E-state index in [2.05, 4.69) is 63.7 Å². The Morgan fingerprint density at radius 1 is 0.786 bits per heavy atom. The molecule has 0 radical (unpaired) electrons. The van der Waals surface area contributed by atoms with Gasteiger partial charge in [-0.05, 0) is 42.6 Å². The van der Waals surface area contributed by atoms with Crippen molar-refractivity contribution in [3.63, 3.8) is 0 Å². The summed E-state index contributed by atoms with van der Waals surface area (Å²) in [6.45, 7) is 13.0. The lowest BCUT2D eigenvalue weighted by Crippen LogP contribution is -2.40. The Bertz CT molecular complexity index is 490. The van der Waals surface area contributed by atoms with Gasteiger partial charge in [-0.1, -0.05) is 75.5 Å². The topological polar surface area (TPSA) is 74.7 Å². The molecule has 0 aromatic rings. The van der Waals surface area contributed by atoms with Crippen LogP contribution in [-0.4, -0.2) is 55.7 Å². The van der Waals surface area contributed by atoms with Crippen molar-refractivity contribution in [2.24, 2.45) is 16.2 Å². The second-order valence-electron chi connectivity index (χ2n) is 8.63. The lowest BCUT2D eigenvalue weighted by molar-refractivity contribution is -0.145. The number of aliphatic carboxylic acids is 1.